The van der Waals surface area contributed by atoms with E-state index in [1.807, 2.05) is 41.5 Å². The molecule has 160 valence electrons. The first-order chi connectivity index (χ1) is 12.4. The second-order valence-corrected chi connectivity index (χ2v) is 9.88. The third-order valence-electron chi connectivity index (χ3n) is 6.64. The molecule has 3 fully saturated rings. The monoisotopic (exact) mass is 384 g/mol. The SMILES string of the molecule is CC(C)=C1C(C)(C)C(O)(O)C1(C)C.OC1CCCCC1.OC1CCCCC1. The average molecular weight is 385 g/mol. The van der Waals surface area contributed by atoms with Crippen LogP contribution in [-0.2, 0) is 0 Å². The van der Waals surface area contributed by atoms with Gasteiger partial charge >= 0.3 is 0 Å². The number of aliphatic hydroxyl groups excluding tert-OH is 2. The van der Waals surface area contributed by atoms with Crippen LogP contribution in [0.2, 0.25) is 0 Å². The number of rotatable bonds is 0. The van der Waals surface area contributed by atoms with Crippen LogP contribution in [0.15, 0.2) is 11.1 Å². The van der Waals surface area contributed by atoms with Crippen molar-refractivity contribution in [3.63, 3.8) is 0 Å². The molecule has 0 spiro atoms. The molecule has 0 aromatic rings. The summed E-state index contributed by atoms with van der Waals surface area (Å²) < 4.78 is 0. The van der Waals surface area contributed by atoms with E-state index in [4.69, 9.17) is 10.2 Å². The van der Waals surface area contributed by atoms with Crippen LogP contribution in [-0.4, -0.2) is 38.4 Å². The molecule has 3 aliphatic rings. The number of aliphatic hydroxyl groups is 4. The van der Waals surface area contributed by atoms with E-state index in [-0.39, 0.29) is 12.2 Å². The maximum atomic E-state index is 9.91. The largest absolute Gasteiger partial charge is 0.393 e. The minimum Gasteiger partial charge on any atom is -0.393 e. The van der Waals surface area contributed by atoms with Crippen molar-refractivity contribution in [2.24, 2.45) is 10.8 Å². The zero-order valence-corrected chi connectivity index (χ0v) is 18.5. The molecule has 0 atom stereocenters. The molecular weight excluding hydrogens is 340 g/mol. The molecule has 3 aliphatic carbocycles. The van der Waals surface area contributed by atoms with Crippen LogP contribution in [0.4, 0.5) is 0 Å². The number of allylic oxidation sites excluding steroid dienone is 1. The quantitative estimate of drug-likeness (QED) is 0.361. The highest BCUT2D eigenvalue weighted by atomic mass is 16.5. The van der Waals surface area contributed by atoms with E-state index < -0.39 is 16.6 Å². The maximum absolute atomic E-state index is 9.91. The van der Waals surface area contributed by atoms with E-state index in [9.17, 15) is 10.2 Å². The summed E-state index contributed by atoms with van der Waals surface area (Å²) in [6.45, 7) is 11.5. The highest BCUT2D eigenvalue weighted by Gasteiger charge is 2.68. The van der Waals surface area contributed by atoms with Gasteiger partial charge < -0.3 is 20.4 Å². The summed E-state index contributed by atoms with van der Waals surface area (Å²) in [5.74, 6) is -1.59. The zero-order chi connectivity index (χ0) is 20.9. The van der Waals surface area contributed by atoms with Gasteiger partial charge in [-0.3, -0.25) is 0 Å². The lowest BCUT2D eigenvalue weighted by atomic mass is 9.46. The predicted octanol–water partition coefficient (Wildman–Crippen LogP) is 4.69. The second-order valence-electron chi connectivity index (χ2n) is 9.88. The van der Waals surface area contributed by atoms with Crippen LogP contribution in [0, 0.1) is 10.8 Å². The van der Waals surface area contributed by atoms with Crippen molar-refractivity contribution >= 4 is 0 Å². The minimum absolute atomic E-state index is 0.0359. The van der Waals surface area contributed by atoms with Gasteiger partial charge in [-0.15, -0.1) is 0 Å². The zero-order valence-electron chi connectivity index (χ0n) is 18.5. The minimum atomic E-state index is -1.59. The number of hydrogen-bond donors (Lipinski definition) is 4. The topological polar surface area (TPSA) is 80.9 Å². The first-order valence-corrected chi connectivity index (χ1v) is 10.8. The Kier molecular flexibility index (Phi) is 8.99. The van der Waals surface area contributed by atoms with Gasteiger partial charge in [0.25, 0.3) is 0 Å². The van der Waals surface area contributed by atoms with Crippen molar-refractivity contribution < 1.29 is 20.4 Å². The van der Waals surface area contributed by atoms with Crippen LogP contribution in [0.25, 0.3) is 0 Å². The van der Waals surface area contributed by atoms with Crippen LogP contribution >= 0.6 is 0 Å². The molecule has 0 aromatic heterocycles. The lowest BCUT2D eigenvalue weighted by molar-refractivity contribution is -0.327. The Morgan fingerprint density at radius 1 is 0.667 bits per heavy atom. The van der Waals surface area contributed by atoms with E-state index in [0.717, 1.165) is 31.3 Å². The molecule has 3 rings (SSSR count). The first-order valence-electron chi connectivity index (χ1n) is 10.8. The van der Waals surface area contributed by atoms with Gasteiger partial charge in [-0.1, -0.05) is 71.8 Å². The Bertz CT molecular complexity index is 439. The fourth-order valence-corrected chi connectivity index (χ4v) is 5.26. The van der Waals surface area contributed by atoms with Gasteiger partial charge in [0.15, 0.2) is 5.79 Å². The Hall–Kier alpha value is -0.420. The van der Waals surface area contributed by atoms with E-state index >= 15 is 0 Å². The third-order valence-corrected chi connectivity index (χ3v) is 6.64. The van der Waals surface area contributed by atoms with E-state index in [2.05, 4.69) is 0 Å². The fraction of sp³-hybridized carbons (Fsp3) is 0.913. The third kappa shape index (κ3) is 5.79. The molecule has 0 unspecified atom stereocenters. The molecule has 0 bridgehead atoms. The molecule has 0 heterocycles. The smallest absolute Gasteiger partial charge is 0.180 e. The van der Waals surface area contributed by atoms with Gasteiger partial charge in [0.1, 0.15) is 0 Å². The summed E-state index contributed by atoms with van der Waals surface area (Å²) in [4.78, 5) is 0. The Labute approximate surface area is 166 Å². The summed E-state index contributed by atoms with van der Waals surface area (Å²) in [6, 6.07) is 0. The second kappa shape index (κ2) is 9.87. The van der Waals surface area contributed by atoms with Gasteiger partial charge in [-0.2, -0.15) is 0 Å². The van der Waals surface area contributed by atoms with Crippen molar-refractivity contribution in [3.8, 4) is 0 Å². The van der Waals surface area contributed by atoms with Crippen molar-refractivity contribution in [2.75, 3.05) is 0 Å². The lowest BCUT2D eigenvalue weighted by Gasteiger charge is -2.63. The van der Waals surface area contributed by atoms with E-state index in [1.165, 1.54) is 44.1 Å². The summed E-state index contributed by atoms with van der Waals surface area (Å²) in [5.41, 5.74) is 1.31. The average Bonchev–Trinajstić information content (AvgIpc) is 2.56. The lowest BCUT2D eigenvalue weighted by Crippen LogP contribution is -2.69. The van der Waals surface area contributed by atoms with E-state index in [0.29, 0.717) is 0 Å². The molecule has 4 N–H and O–H groups in total. The van der Waals surface area contributed by atoms with Crippen molar-refractivity contribution in [2.45, 2.75) is 124 Å². The van der Waals surface area contributed by atoms with Crippen LogP contribution < -0.4 is 0 Å². The summed E-state index contributed by atoms with van der Waals surface area (Å²) in [5, 5.41) is 37.6. The number of hydrogen-bond acceptors (Lipinski definition) is 4. The molecule has 4 nitrogen and oxygen atoms in total. The van der Waals surface area contributed by atoms with Gasteiger partial charge in [0.2, 0.25) is 0 Å². The summed E-state index contributed by atoms with van der Waals surface area (Å²) in [6.07, 6.45) is 11.8. The molecule has 0 saturated heterocycles. The van der Waals surface area contributed by atoms with Crippen molar-refractivity contribution in [1.29, 1.82) is 0 Å². The Morgan fingerprint density at radius 3 is 1.11 bits per heavy atom. The normalized spacial score (nSPS) is 26.7. The standard InChI is InChI=1S/C11H20O2.2C6H12O/c1-7(2)8-9(3,4)11(12,13)10(8,5)6;2*7-6-4-2-1-3-5-6/h12-13H,1-6H3;2*6-7H,1-5H2. The van der Waals surface area contributed by atoms with Gasteiger partial charge in [0, 0.05) is 10.8 Å². The predicted molar refractivity (Wildman–Crippen MR) is 111 cm³/mol. The summed E-state index contributed by atoms with van der Waals surface area (Å²) >= 11 is 0. The van der Waals surface area contributed by atoms with E-state index in [1.54, 1.807) is 0 Å². The molecule has 0 radical (unpaired) electrons. The van der Waals surface area contributed by atoms with Crippen molar-refractivity contribution in [1.82, 2.24) is 0 Å². The molecular formula is C23H44O4. The maximum Gasteiger partial charge on any atom is 0.180 e. The first kappa shape index (κ1) is 24.6. The summed E-state index contributed by atoms with van der Waals surface area (Å²) in [7, 11) is 0. The molecule has 4 heteroatoms. The van der Waals surface area contributed by atoms with Crippen LogP contribution in [0.5, 0.6) is 0 Å². The van der Waals surface area contributed by atoms with Crippen LogP contribution in [0.1, 0.15) is 106 Å². The van der Waals surface area contributed by atoms with Crippen molar-refractivity contribution in [3.05, 3.63) is 11.1 Å². The Balaban J connectivity index is 0.000000220. The van der Waals surface area contributed by atoms with Gasteiger partial charge in [-0.05, 0) is 45.1 Å². The molecule has 27 heavy (non-hydrogen) atoms. The molecule has 0 aromatic carbocycles. The Morgan fingerprint density at radius 2 is 0.963 bits per heavy atom. The highest BCUT2D eigenvalue weighted by molar-refractivity contribution is 5.40. The van der Waals surface area contributed by atoms with Gasteiger partial charge in [0.05, 0.1) is 12.2 Å². The van der Waals surface area contributed by atoms with Crippen LogP contribution in [0.3, 0.4) is 0 Å². The van der Waals surface area contributed by atoms with Gasteiger partial charge in [-0.25, -0.2) is 0 Å². The molecule has 0 aliphatic heterocycles. The molecule has 0 amide bonds. The molecule has 3 saturated carbocycles. The highest BCUT2D eigenvalue weighted by Crippen LogP contribution is 2.65. The fourth-order valence-electron chi connectivity index (χ4n) is 5.26.